The number of amides is 1. The summed E-state index contributed by atoms with van der Waals surface area (Å²) < 4.78 is 0. The third kappa shape index (κ3) is 2.63. The number of hydrogen-bond acceptors (Lipinski definition) is 4. The lowest BCUT2D eigenvalue weighted by Crippen LogP contribution is -2.54. The van der Waals surface area contributed by atoms with E-state index in [1.807, 2.05) is 13.1 Å². The van der Waals surface area contributed by atoms with E-state index in [1.165, 1.54) is 0 Å². The summed E-state index contributed by atoms with van der Waals surface area (Å²) in [7, 11) is 0. The number of nitrogens with zero attached hydrogens (tertiary/aromatic N) is 2. The van der Waals surface area contributed by atoms with Crippen LogP contribution < -0.4 is 16.0 Å². The second-order valence-electron chi connectivity index (χ2n) is 5.95. The van der Waals surface area contributed by atoms with Gasteiger partial charge < -0.3 is 16.0 Å². The van der Waals surface area contributed by atoms with Crippen molar-refractivity contribution < 1.29 is 4.79 Å². The molecule has 5 heteroatoms. The van der Waals surface area contributed by atoms with Gasteiger partial charge in [0.1, 0.15) is 5.82 Å². The van der Waals surface area contributed by atoms with Gasteiger partial charge in [0.2, 0.25) is 5.91 Å². The predicted octanol–water partition coefficient (Wildman–Crippen LogP) is 1.21. The number of anilines is 1. The number of fused-ring (bicyclic) bond motifs is 1. The summed E-state index contributed by atoms with van der Waals surface area (Å²) >= 11 is 0. The molecule has 2 unspecified atom stereocenters. The van der Waals surface area contributed by atoms with Crippen molar-refractivity contribution in [3.63, 3.8) is 0 Å². The molecule has 1 aromatic rings. The Hall–Kier alpha value is -1.62. The highest BCUT2D eigenvalue weighted by Gasteiger charge is 2.34. The highest BCUT2D eigenvalue weighted by Crippen LogP contribution is 2.28. The summed E-state index contributed by atoms with van der Waals surface area (Å²) in [5.41, 5.74) is 6.91. The average Bonchev–Trinajstić information content (AvgIpc) is 2.47. The molecular formula is C15H22N4O. The van der Waals surface area contributed by atoms with E-state index in [4.69, 9.17) is 5.73 Å². The standard InChI is InChI=1S/C15H22N4O/c1-10(16)11-2-4-14(17-8-11)19-7-6-13-12(9-19)3-5-15(20)18-13/h2,4,8,10,12-13H,3,5-7,9,16H2,1H3,(H,18,20)/t10-,12?,13?/m0/s1. The molecule has 5 nitrogen and oxygen atoms in total. The predicted molar refractivity (Wildman–Crippen MR) is 78.3 cm³/mol. The van der Waals surface area contributed by atoms with Crippen LogP contribution in [-0.4, -0.2) is 30.0 Å². The molecule has 1 amide bonds. The Morgan fingerprint density at radius 1 is 1.45 bits per heavy atom. The first-order valence-corrected chi connectivity index (χ1v) is 7.39. The molecule has 0 saturated carbocycles. The van der Waals surface area contributed by atoms with Crippen LogP contribution in [0.25, 0.3) is 0 Å². The first-order valence-electron chi connectivity index (χ1n) is 7.39. The van der Waals surface area contributed by atoms with Crippen LogP contribution >= 0.6 is 0 Å². The molecule has 2 fully saturated rings. The Morgan fingerprint density at radius 2 is 2.30 bits per heavy atom. The zero-order chi connectivity index (χ0) is 14.1. The molecule has 2 saturated heterocycles. The van der Waals surface area contributed by atoms with E-state index in [-0.39, 0.29) is 11.9 Å². The van der Waals surface area contributed by atoms with Gasteiger partial charge in [-0.2, -0.15) is 0 Å². The van der Waals surface area contributed by atoms with Crippen molar-refractivity contribution in [3.05, 3.63) is 23.9 Å². The number of rotatable bonds is 2. The molecule has 0 bridgehead atoms. The molecule has 3 atom stereocenters. The molecule has 1 aromatic heterocycles. The Morgan fingerprint density at radius 3 is 3.00 bits per heavy atom. The average molecular weight is 274 g/mol. The fraction of sp³-hybridized carbons (Fsp3) is 0.600. The van der Waals surface area contributed by atoms with Crippen molar-refractivity contribution in [1.29, 1.82) is 0 Å². The van der Waals surface area contributed by atoms with Crippen molar-refractivity contribution in [1.82, 2.24) is 10.3 Å². The van der Waals surface area contributed by atoms with Gasteiger partial charge in [-0.3, -0.25) is 4.79 Å². The molecule has 20 heavy (non-hydrogen) atoms. The van der Waals surface area contributed by atoms with Crippen molar-refractivity contribution in [2.75, 3.05) is 18.0 Å². The molecule has 3 N–H and O–H groups in total. The van der Waals surface area contributed by atoms with Gasteiger partial charge in [0.05, 0.1) is 0 Å². The maximum absolute atomic E-state index is 11.4. The highest BCUT2D eigenvalue weighted by atomic mass is 16.1. The molecule has 108 valence electrons. The zero-order valence-electron chi connectivity index (χ0n) is 11.9. The minimum absolute atomic E-state index is 0.0239. The van der Waals surface area contributed by atoms with Gasteiger partial charge in [0, 0.05) is 37.8 Å². The maximum Gasteiger partial charge on any atom is 0.220 e. The second kappa shape index (κ2) is 5.40. The third-order valence-electron chi connectivity index (χ3n) is 4.44. The van der Waals surface area contributed by atoms with Crippen molar-refractivity contribution in [3.8, 4) is 0 Å². The molecule has 3 rings (SSSR count). The molecule has 0 aromatic carbocycles. The molecule has 0 spiro atoms. The van der Waals surface area contributed by atoms with Crippen LogP contribution in [0.1, 0.15) is 37.8 Å². The van der Waals surface area contributed by atoms with E-state index in [0.29, 0.717) is 18.4 Å². The normalized spacial score (nSPS) is 27.7. The van der Waals surface area contributed by atoms with Gasteiger partial charge in [-0.25, -0.2) is 4.98 Å². The SMILES string of the molecule is C[C@H](N)c1ccc(N2CCC3NC(=O)CCC3C2)nc1. The van der Waals surface area contributed by atoms with Gasteiger partial charge in [-0.1, -0.05) is 6.07 Å². The number of carbonyl (C=O) groups excluding carboxylic acids is 1. The molecule has 0 aliphatic carbocycles. The number of nitrogens with one attached hydrogen (secondary N) is 1. The summed E-state index contributed by atoms with van der Waals surface area (Å²) in [5, 5.41) is 3.11. The molecule has 0 radical (unpaired) electrons. The monoisotopic (exact) mass is 274 g/mol. The fourth-order valence-electron chi connectivity index (χ4n) is 3.17. The van der Waals surface area contributed by atoms with Crippen LogP contribution in [-0.2, 0) is 4.79 Å². The van der Waals surface area contributed by atoms with Gasteiger partial charge in [-0.05, 0) is 37.3 Å². The van der Waals surface area contributed by atoms with Crippen molar-refractivity contribution in [2.24, 2.45) is 11.7 Å². The summed E-state index contributed by atoms with van der Waals surface area (Å²) in [6.07, 6.45) is 4.53. The van der Waals surface area contributed by atoms with Gasteiger partial charge >= 0.3 is 0 Å². The number of aromatic nitrogens is 1. The van der Waals surface area contributed by atoms with Gasteiger partial charge in [0.15, 0.2) is 0 Å². The van der Waals surface area contributed by atoms with Crippen LogP contribution in [0.2, 0.25) is 0 Å². The van der Waals surface area contributed by atoms with Crippen molar-refractivity contribution >= 4 is 11.7 Å². The molecular weight excluding hydrogens is 252 g/mol. The third-order valence-corrected chi connectivity index (χ3v) is 4.44. The molecule has 3 heterocycles. The van der Waals surface area contributed by atoms with Gasteiger partial charge in [0.25, 0.3) is 0 Å². The van der Waals surface area contributed by atoms with E-state index in [0.717, 1.165) is 37.3 Å². The van der Waals surface area contributed by atoms with Gasteiger partial charge in [-0.15, -0.1) is 0 Å². The van der Waals surface area contributed by atoms with Crippen LogP contribution in [0, 0.1) is 5.92 Å². The maximum atomic E-state index is 11.4. The summed E-state index contributed by atoms with van der Waals surface area (Å²) in [6, 6.07) is 4.49. The van der Waals surface area contributed by atoms with E-state index >= 15 is 0 Å². The lowest BCUT2D eigenvalue weighted by atomic mass is 9.85. The number of nitrogens with two attached hydrogens (primary N) is 1. The first kappa shape index (κ1) is 13.4. The quantitative estimate of drug-likeness (QED) is 0.850. The minimum atomic E-state index is 0.0239. The smallest absolute Gasteiger partial charge is 0.220 e. The van der Waals surface area contributed by atoms with Crippen LogP contribution in [0.5, 0.6) is 0 Å². The zero-order valence-corrected chi connectivity index (χ0v) is 11.9. The van der Waals surface area contributed by atoms with E-state index < -0.39 is 0 Å². The summed E-state index contributed by atoms with van der Waals surface area (Å²) in [4.78, 5) is 18.3. The van der Waals surface area contributed by atoms with Crippen LogP contribution in [0.15, 0.2) is 18.3 Å². The summed E-state index contributed by atoms with van der Waals surface area (Å²) in [5.74, 6) is 1.78. The lowest BCUT2D eigenvalue weighted by Gasteiger charge is -2.41. The van der Waals surface area contributed by atoms with Crippen LogP contribution in [0.4, 0.5) is 5.82 Å². The minimum Gasteiger partial charge on any atom is -0.356 e. The Bertz CT molecular complexity index is 485. The Labute approximate surface area is 119 Å². The highest BCUT2D eigenvalue weighted by molar-refractivity contribution is 5.77. The fourth-order valence-corrected chi connectivity index (χ4v) is 3.17. The Balaban J connectivity index is 1.68. The molecule has 2 aliphatic rings. The van der Waals surface area contributed by atoms with Crippen LogP contribution in [0.3, 0.4) is 0 Å². The number of carbonyl (C=O) groups is 1. The number of pyridine rings is 1. The second-order valence-corrected chi connectivity index (χ2v) is 5.95. The van der Waals surface area contributed by atoms with E-state index in [1.54, 1.807) is 0 Å². The van der Waals surface area contributed by atoms with Crippen molar-refractivity contribution in [2.45, 2.75) is 38.3 Å². The molecule has 2 aliphatic heterocycles. The number of hydrogen-bond donors (Lipinski definition) is 2. The lowest BCUT2D eigenvalue weighted by molar-refractivity contribution is -0.124. The topological polar surface area (TPSA) is 71.2 Å². The van der Waals surface area contributed by atoms with E-state index in [9.17, 15) is 4.79 Å². The first-order chi connectivity index (χ1) is 9.63. The summed E-state index contributed by atoms with van der Waals surface area (Å²) in [6.45, 7) is 3.90. The number of piperidine rings is 2. The largest absolute Gasteiger partial charge is 0.356 e. The Kier molecular flexibility index (Phi) is 3.61. The van der Waals surface area contributed by atoms with E-state index in [2.05, 4.69) is 27.3 Å².